The average molecular weight is 242 g/mol. The largest absolute Gasteiger partial charge is 0.368 e. The number of carbonyl (C=O) groups is 1. The van der Waals surface area contributed by atoms with Crippen LogP contribution in [0.4, 0.5) is 0 Å². The number of hydrogen-bond donors (Lipinski definition) is 2. The van der Waals surface area contributed by atoms with Crippen molar-refractivity contribution in [1.82, 2.24) is 15.1 Å². The zero-order valence-corrected chi connectivity index (χ0v) is 11.5. The molecular weight excluding hydrogens is 216 g/mol. The normalized spacial score (nSPS) is 21.4. The SMILES string of the molecule is CNC(CN1CCN(C(C)(C)C)CC1)C(N)=O. The van der Waals surface area contributed by atoms with Crippen LogP contribution in [0.2, 0.25) is 0 Å². The van der Waals surface area contributed by atoms with Crippen LogP contribution in [0.1, 0.15) is 20.8 Å². The Morgan fingerprint density at radius 2 is 1.82 bits per heavy atom. The smallest absolute Gasteiger partial charge is 0.235 e. The van der Waals surface area contributed by atoms with Crippen LogP contribution >= 0.6 is 0 Å². The molecule has 100 valence electrons. The van der Waals surface area contributed by atoms with Gasteiger partial charge in [-0.1, -0.05) is 0 Å². The van der Waals surface area contributed by atoms with Crippen LogP contribution < -0.4 is 11.1 Å². The maximum Gasteiger partial charge on any atom is 0.235 e. The highest BCUT2D eigenvalue weighted by atomic mass is 16.1. The van der Waals surface area contributed by atoms with Gasteiger partial charge in [0.05, 0.1) is 6.04 Å². The van der Waals surface area contributed by atoms with Gasteiger partial charge in [-0.3, -0.25) is 14.6 Å². The summed E-state index contributed by atoms with van der Waals surface area (Å²) in [5.41, 5.74) is 5.56. The molecule has 0 aromatic heterocycles. The van der Waals surface area contributed by atoms with Crippen LogP contribution in [-0.2, 0) is 4.79 Å². The zero-order valence-electron chi connectivity index (χ0n) is 11.5. The van der Waals surface area contributed by atoms with E-state index in [1.807, 2.05) is 0 Å². The van der Waals surface area contributed by atoms with Crippen molar-refractivity contribution in [3.63, 3.8) is 0 Å². The monoisotopic (exact) mass is 242 g/mol. The van der Waals surface area contributed by atoms with Crippen molar-refractivity contribution < 1.29 is 4.79 Å². The molecule has 1 aliphatic heterocycles. The van der Waals surface area contributed by atoms with Gasteiger partial charge >= 0.3 is 0 Å². The molecule has 0 radical (unpaired) electrons. The second-order valence-corrected chi connectivity index (χ2v) is 5.70. The second kappa shape index (κ2) is 5.80. The maximum absolute atomic E-state index is 11.2. The first-order valence-corrected chi connectivity index (χ1v) is 6.28. The van der Waals surface area contributed by atoms with Crippen molar-refractivity contribution in [2.45, 2.75) is 32.4 Å². The van der Waals surface area contributed by atoms with Crippen molar-refractivity contribution in [1.29, 1.82) is 0 Å². The van der Waals surface area contributed by atoms with E-state index in [9.17, 15) is 4.79 Å². The fourth-order valence-electron chi connectivity index (χ4n) is 2.18. The number of piperazine rings is 1. The predicted octanol–water partition coefficient (Wildman–Crippen LogP) is -0.524. The highest BCUT2D eigenvalue weighted by Gasteiger charge is 2.27. The van der Waals surface area contributed by atoms with E-state index in [4.69, 9.17) is 5.73 Å². The summed E-state index contributed by atoms with van der Waals surface area (Å²) in [6, 6.07) is -0.240. The summed E-state index contributed by atoms with van der Waals surface area (Å²) in [5, 5.41) is 2.96. The van der Waals surface area contributed by atoms with E-state index >= 15 is 0 Å². The molecular formula is C12H26N4O. The lowest BCUT2D eigenvalue weighted by atomic mass is 10.0. The molecule has 0 aliphatic carbocycles. The quantitative estimate of drug-likeness (QED) is 0.696. The lowest BCUT2D eigenvalue weighted by Crippen LogP contribution is -2.56. The van der Waals surface area contributed by atoms with Gasteiger partial charge in [-0.25, -0.2) is 0 Å². The molecule has 0 aromatic rings. The van der Waals surface area contributed by atoms with Crippen molar-refractivity contribution in [3.8, 4) is 0 Å². The lowest BCUT2D eigenvalue weighted by molar-refractivity contribution is -0.120. The Hall–Kier alpha value is -0.650. The molecule has 1 amide bonds. The summed E-state index contributed by atoms with van der Waals surface area (Å²) in [5.74, 6) is -0.272. The first-order chi connectivity index (χ1) is 7.84. The maximum atomic E-state index is 11.2. The third-order valence-electron chi connectivity index (χ3n) is 3.45. The zero-order chi connectivity index (χ0) is 13.1. The van der Waals surface area contributed by atoms with Crippen molar-refractivity contribution in [3.05, 3.63) is 0 Å². The first-order valence-electron chi connectivity index (χ1n) is 6.28. The minimum Gasteiger partial charge on any atom is -0.368 e. The predicted molar refractivity (Wildman–Crippen MR) is 69.8 cm³/mol. The van der Waals surface area contributed by atoms with E-state index in [1.165, 1.54) is 0 Å². The summed E-state index contributed by atoms with van der Waals surface area (Å²) in [6.07, 6.45) is 0. The lowest BCUT2D eigenvalue weighted by Gasteiger charge is -2.42. The van der Waals surface area contributed by atoms with E-state index in [0.717, 1.165) is 26.2 Å². The number of primary amides is 1. The minimum absolute atomic E-state index is 0.234. The molecule has 3 N–H and O–H groups in total. The van der Waals surface area contributed by atoms with Crippen molar-refractivity contribution in [2.75, 3.05) is 39.8 Å². The van der Waals surface area contributed by atoms with Crippen molar-refractivity contribution in [2.24, 2.45) is 5.73 Å². The molecule has 0 aromatic carbocycles. The van der Waals surface area contributed by atoms with Gasteiger partial charge in [0, 0.05) is 38.3 Å². The molecule has 5 nitrogen and oxygen atoms in total. The minimum atomic E-state index is -0.272. The highest BCUT2D eigenvalue weighted by Crippen LogP contribution is 2.15. The Morgan fingerprint density at radius 3 is 2.18 bits per heavy atom. The van der Waals surface area contributed by atoms with E-state index in [-0.39, 0.29) is 17.5 Å². The summed E-state index contributed by atoms with van der Waals surface area (Å²) >= 11 is 0. The average Bonchev–Trinajstić information content (AvgIpc) is 2.25. The third-order valence-corrected chi connectivity index (χ3v) is 3.45. The number of nitrogens with zero attached hydrogens (tertiary/aromatic N) is 2. The standard InChI is InChI=1S/C12H26N4O/c1-12(2,3)16-7-5-15(6-8-16)9-10(14-4)11(13)17/h10,14H,5-9H2,1-4H3,(H2,13,17). The van der Waals surface area contributed by atoms with Gasteiger partial charge < -0.3 is 11.1 Å². The van der Waals surface area contributed by atoms with Crippen LogP contribution in [0, 0.1) is 0 Å². The van der Waals surface area contributed by atoms with Crippen LogP contribution in [0.15, 0.2) is 0 Å². The number of nitrogens with two attached hydrogens (primary N) is 1. The number of rotatable bonds is 4. The second-order valence-electron chi connectivity index (χ2n) is 5.70. The third kappa shape index (κ3) is 4.26. The van der Waals surface area contributed by atoms with E-state index in [0.29, 0.717) is 6.54 Å². The molecule has 1 aliphatic rings. The Morgan fingerprint density at radius 1 is 1.29 bits per heavy atom. The van der Waals surface area contributed by atoms with Gasteiger partial charge in [0.2, 0.25) is 5.91 Å². The molecule has 1 atom stereocenters. The van der Waals surface area contributed by atoms with Gasteiger partial charge in [-0.05, 0) is 27.8 Å². The topological polar surface area (TPSA) is 61.6 Å². The summed E-state index contributed by atoms with van der Waals surface area (Å²) in [7, 11) is 1.78. The van der Waals surface area contributed by atoms with Crippen LogP contribution in [0.5, 0.6) is 0 Å². The van der Waals surface area contributed by atoms with Crippen LogP contribution in [0.25, 0.3) is 0 Å². The molecule has 17 heavy (non-hydrogen) atoms. The Labute approximate surface area is 104 Å². The molecule has 1 rings (SSSR count). The molecule has 0 bridgehead atoms. The molecule has 1 fully saturated rings. The number of hydrogen-bond acceptors (Lipinski definition) is 4. The van der Waals surface area contributed by atoms with E-state index in [2.05, 4.69) is 35.9 Å². The highest BCUT2D eigenvalue weighted by molar-refractivity contribution is 5.80. The fraction of sp³-hybridized carbons (Fsp3) is 0.917. The number of nitrogens with one attached hydrogen (secondary N) is 1. The number of carbonyl (C=O) groups excluding carboxylic acids is 1. The van der Waals surface area contributed by atoms with Gasteiger partial charge in [-0.15, -0.1) is 0 Å². The number of amides is 1. The Kier molecular flexibility index (Phi) is 4.91. The van der Waals surface area contributed by atoms with E-state index in [1.54, 1.807) is 7.05 Å². The first kappa shape index (κ1) is 14.4. The molecule has 5 heteroatoms. The number of likely N-dealkylation sites (N-methyl/N-ethyl adjacent to an activating group) is 1. The van der Waals surface area contributed by atoms with Gasteiger partial charge in [0.1, 0.15) is 0 Å². The summed E-state index contributed by atoms with van der Waals surface area (Å²) in [6.45, 7) is 11.5. The fourth-order valence-corrected chi connectivity index (χ4v) is 2.18. The van der Waals surface area contributed by atoms with Gasteiger partial charge in [-0.2, -0.15) is 0 Å². The molecule has 0 spiro atoms. The Balaban J connectivity index is 2.39. The molecule has 1 saturated heterocycles. The summed E-state index contributed by atoms with van der Waals surface area (Å²) in [4.78, 5) is 15.9. The van der Waals surface area contributed by atoms with Crippen molar-refractivity contribution >= 4 is 5.91 Å². The van der Waals surface area contributed by atoms with Crippen LogP contribution in [0.3, 0.4) is 0 Å². The van der Waals surface area contributed by atoms with E-state index < -0.39 is 0 Å². The molecule has 0 saturated carbocycles. The van der Waals surface area contributed by atoms with Crippen LogP contribution in [-0.4, -0.2) is 67.1 Å². The van der Waals surface area contributed by atoms with Gasteiger partial charge in [0.15, 0.2) is 0 Å². The Bertz CT molecular complexity index is 254. The van der Waals surface area contributed by atoms with Gasteiger partial charge in [0.25, 0.3) is 0 Å². The molecule has 1 unspecified atom stereocenters. The summed E-state index contributed by atoms with van der Waals surface area (Å²) < 4.78 is 0. The molecule has 1 heterocycles.